The quantitative estimate of drug-likeness (QED) is 0.904. The summed E-state index contributed by atoms with van der Waals surface area (Å²) >= 11 is 3.63. The van der Waals surface area contributed by atoms with E-state index in [0.717, 1.165) is 22.4 Å². The minimum absolute atomic E-state index is 0.118. The van der Waals surface area contributed by atoms with Gasteiger partial charge in [-0.15, -0.1) is 0 Å². The van der Waals surface area contributed by atoms with E-state index in [2.05, 4.69) is 29.8 Å². The summed E-state index contributed by atoms with van der Waals surface area (Å²) in [4.78, 5) is 0. The zero-order valence-electron chi connectivity index (χ0n) is 11.7. The highest BCUT2D eigenvalue weighted by Gasteiger charge is 2.20. The second-order valence-electron chi connectivity index (χ2n) is 4.83. The SMILES string of the molecule is COc1cc(CC(C)N)c(C(C)C)c(Br)c1OC. The predicted molar refractivity (Wildman–Crippen MR) is 78.7 cm³/mol. The fourth-order valence-electron chi connectivity index (χ4n) is 2.15. The summed E-state index contributed by atoms with van der Waals surface area (Å²) in [5.41, 5.74) is 8.37. The number of nitrogens with two attached hydrogens (primary N) is 1. The Kier molecular flexibility index (Phi) is 5.47. The van der Waals surface area contributed by atoms with Crippen LogP contribution in [0.25, 0.3) is 0 Å². The van der Waals surface area contributed by atoms with Gasteiger partial charge in [0.05, 0.1) is 18.7 Å². The van der Waals surface area contributed by atoms with E-state index in [9.17, 15) is 0 Å². The summed E-state index contributed by atoms with van der Waals surface area (Å²) in [7, 11) is 3.30. The Hall–Kier alpha value is -0.740. The lowest BCUT2D eigenvalue weighted by Gasteiger charge is -2.21. The van der Waals surface area contributed by atoms with Crippen LogP contribution >= 0.6 is 15.9 Å². The maximum absolute atomic E-state index is 5.92. The zero-order valence-corrected chi connectivity index (χ0v) is 13.3. The van der Waals surface area contributed by atoms with Crippen LogP contribution in [0, 0.1) is 0 Å². The summed E-state index contributed by atoms with van der Waals surface area (Å²) in [5.74, 6) is 1.88. The van der Waals surface area contributed by atoms with Gasteiger partial charge in [-0.05, 0) is 52.4 Å². The van der Waals surface area contributed by atoms with Crippen molar-refractivity contribution >= 4 is 15.9 Å². The van der Waals surface area contributed by atoms with Crippen molar-refractivity contribution in [2.45, 2.75) is 39.2 Å². The number of ether oxygens (including phenoxy) is 2. The van der Waals surface area contributed by atoms with Gasteiger partial charge in [-0.25, -0.2) is 0 Å². The molecule has 0 saturated carbocycles. The van der Waals surface area contributed by atoms with E-state index in [-0.39, 0.29) is 6.04 Å². The van der Waals surface area contributed by atoms with Crippen LogP contribution in [0.4, 0.5) is 0 Å². The molecule has 2 N–H and O–H groups in total. The molecule has 18 heavy (non-hydrogen) atoms. The molecule has 0 bridgehead atoms. The molecule has 0 aliphatic rings. The Bertz CT molecular complexity index is 417. The molecule has 1 aromatic carbocycles. The summed E-state index contributed by atoms with van der Waals surface area (Å²) < 4.78 is 11.8. The van der Waals surface area contributed by atoms with E-state index in [0.29, 0.717) is 5.92 Å². The largest absolute Gasteiger partial charge is 0.493 e. The standard InChI is InChI=1S/C14H22BrNO2/c1-8(2)12-10(6-9(3)16)7-11(17-4)14(18-5)13(12)15/h7-9H,6,16H2,1-5H3. The van der Waals surface area contributed by atoms with Gasteiger partial charge in [-0.3, -0.25) is 0 Å². The molecular weight excluding hydrogens is 294 g/mol. The Labute approximate surface area is 118 Å². The molecule has 0 radical (unpaired) electrons. The van der Waals surface area contributed by atoms with Gasteiger partial charge in [0.15, 0.2) is 11.5 Å². The fourth-order valence-corrected chi connectivity index (χ4v) is 3.22. The van der Waals surface area contributed by atoms with Crippen LogP contribution in [0.5, 0.6) is 11.5 Å². The molecule has 3 nitrogen and oxygen atoms in total. The van der Waals surface area contributed by atoms with E-state index in [4.69, 9.17) is 15.2 Å². The van der Waals surface area contributed by atoms with Gasteiger partial charge in [0.2, 0.25) is 0 Å². The van der Waals surface area contributed by atoms with E-state index in [1.54, 1.807) is 14.2 Å². The monoisotopic (exact) mass is 315 g/mol. The molecule has 0 saturated heterocycles. The van der Waals surface area contributed by atoms with Crippen LogP contribution in [0.1, 0.15) is 37.8 Å². The van der Waals surface area contributed by atoms with Crippen LogP contribution in [0.15, 0.2) is 10.5 Å². The van der Waals surface area contributed by atoms with E-state index >= 15 is 0 Å². The average molecular weight is 316 g/mol. The van der Waals surface area contributed by atoms with Crippen molar-refractivity contribution in [3.05, 3.63) is 21.7 Å². The molecule has 1 atom stereocenters. The van der Waals surface area contributed by atoms with Crippen LogP contribution in [0.2, 0.25) is 0 Å². The Morgan fingerprint density at radius 3 is 2.22 bits per heavy atom. The lowest BCUT2D eigenvalue weighted by atomic mass is 9.93. The minimum Gasteiger partial charge on any atom is -0.493 e. The van der Waals surface area contributed by atoms with E-state index < -0.39 is 0 Å². The van der Waals surface area contributed by atoms with Crippen molar-refractivity contribution < 1.29 is 9.47 Å². The molecule has 1 aromatic rings. The van der Waals surface area contributed by atoms with E-state index in [1.165, 1.54) is 11.1 Å². The first-order valence-electron chi connectivity index (χ1n) is 6.11. The Morgan fingerprint density at radius 1 is 1.22 bits per heavy atom. The minimum atomic E-state index is 0.118. The summed E-state index contributed by atoms with van der Waals surface area (Å²) in [6.45, 7) is 6.34. The third-order valence-corrected chi connectivity index (χ3v) is 3.64. The maximum atomic E-state index is 5.92. The number of halogens is 1. The van der Waals surface area contributed by atoms with E-state index in [1.807, 2.05) is 13.0 Å². The molecule has 0 spiro atoms. The van der Waals surface area contributed by atoms with Crippen molar-refractivity contribution in [1.82, 2.24) is 0 Å². The molecule has 1 rings (SSSR count). The molecule has 102 valence electrons. The molecule has 4 heteroatoms. The topological polar surface area (TPSA) is 44.5 Å². The van der Waals surface area contributed by atoms with Crippen molar-refractivity contribution in [1.29, 1.82) is 0 Å². The van der Waals surface area contributed by atoms with Gasteiger partial charge in [-0.2, -0.15) is 0 Å². The predicted octanol–water partition coefficient (Wildman–Crippen LogP) is 3.48. The summed E-state index contributed by atoms with van der Waals surface area (Å²) in [6, 6.07) is 2.15. The molecule has 1 unspecified atom stereocenters. The molecule has 0 aliphatic heterocycles. The van der Waals surface area contributed by atoms with Crippen LogP contribution in [-0.2, 0) is 6.42 Å². The molecule has 0 fully saturated rings. The Balaban J connectivity index is 3.44. The van der Waals surface area contributed by atoms with Crippen molar-refractivity contribution in [3.8, 4) is 11.5 Å². The smallest absolute Gasteiger partial charge is 0.175 e. The van der Waals surface area contributed by atoms with Gasteiger partial charge in [0.25, 0.3) is 0 Å². The molecule has 0 amide bonds. The number of hydrogen-bond acceptors (Lipinski definition) is 3. The first kappa shape index (κ1) is 15.3. The lowest BCUT2D eigenvalue weighted by molar-refractivity contribution is 0.351. The van der Waals surface area contributed by atoms with Crippen LogP contribution < -0.4 is 15.2 Å². The molecule has 0 heterocycles. The van der Waals surface area contributed by atoms with Gasteiger partial charge in [-0.1, -0.05) is 13.8 Å². The highest BCUT2D eigenvalue weighted by Crippen LogP contribution is 2.42. The van der Waals surface area contributed by atoms with Crippen molar-refractivity contribution in [2.75, 3.05) is 14.2 Å². The summed E-state index contributed by atoms with van der Waals surface area (Å²) in [6.07, 6.45) is 0.826. The molecular formula is C14H22BrNO2. The van der Waals surface area contributed by atoms with Gasteiger partial charge in [0.1, 0.15) is 0 Å². The third kappa shape index (κ3) is 3.18. The second kappa shape index (κ2) is 6.43. The lowest BCUT2D eigenvalue weighted by Crippen LogP contribution is -2.19. The number of methoxy groups -OCH3 is 2. The first-order valence-corrected chi connectivity index (χ1v) is 6.90. The second-order valence-corrected chi connectivity index (χ2v) is 5.63. The number of rotatable bonds is 5. The van der Waals surface area contributed by atoms with Crippen molar-refractivity contribution in [2.24, 2.45) is 5.73 Å². The fraction of sp³-hybridized carbons (Fsp3) is 0.571. The number of hydrogen-bond donors (Lipinski definition) is 1. The average Bonchev–Trinajstić information content (AvgIpc) is 2.26. The number of benzene rings is 1. The first-order chi connectivity index (χ1) is 8.42. The van der Waals surface area contributed by atoms with Gasteiger partial charge >= 0.3 is 0 Å². The third-order valence-electron chi connectivity index (χ3n) is 2.85. The van der Waals surface area contributed by atoms with Gasteiger partial charge < -0.3 is 15.2 Å². The van der Waals surface area contributed by atoms with Crippen LogP contribution in [0.3, 0.4) is 0 Å². The summed E-state index contributed by atoms with van der Waals surface area (Å²) in [5, 5.41) is 0. The molecule has 0 aromatic heterocycles. The Morgan fingerprint density at radius 2 is 1.83 bits per heavy atom. The normalized spacial score (nSPS) is 12.7. The highest BCUT2D eigenvalue weighted by atomic mass is 79.9. The molecule has 0 aliphatic carbocycles. The zero-order chi connectivity index (χ0) is 13.9. The van der Waals surface area contributed by atoms with Crippen molar-refractivity contribution in [3.63, 3.8) is 0 Å². The highest BCUT2D eigenvalue weighted by molar-refractivity contribution is 9.10. The maximum Gasteiger partial charge on any atom is 0.175 e. The van der Waals surface area contributed by atoms with Gasteiger partial charge in [0, 0.05) is 6.04 Å². The van der Waals surface area contributed by atoms with Crippen LogP contribution in [-0.4, -0.2) is 20.3 Å².